The zero-order valence-electron chi connectivity index (χ0n) is 8.29. The van der Waals surface area contributed by atoms with E-state index in [4.69, 9.17) is 15.6 Å². The van der Waals surface area contributed by atoms with Gasteiger partial charge in [-0.25, -0.2) is 4.79 Å². The topological polar surface area (TPSA) is 90.4 Å². The summed E-state index contributed by atoms with van der Waals surface area (Å²) in [6.45, 7) is -0.0451. The van der Waals surface area contributed by atoms with Gasteiger partial charge in [-0.3, -0.25) is 4.57 Å². The molecular weight excluding hydrogens is 218 g/mol. The molecule has 0 fully saturated rings. The van der Waals surface area contributed by atoms with E-state index in [1.807, 2.05) is 6.26 Å². The molecule has 0 saturated heterocycles. The van der Waals surface area contributed by atoms with Crippen molar-refractivity contribution < 1.29 is 9.84 Å². The first-order chi connectivity index (χ1) is 7.17. The maximum atomic E-state index is 11.3. The summed E-state index contributed by atoms with van der Waals surface area (Å²) < 4.78 is 6.52. The summed E-state index contributed by atoms with van der Waals surface area (Å²) in [7, 11) is 0. The normalized spacial score (nSPS) is 12.7. The number of anilines is 1. The first kappa shape index (κ1) is 12.0. The molecule has 1 heterocycles. The van der Waals surface area contributed by atoms with Crippen molar-refractivity contribution in [3.05, 3.63) is 22.7 Å². The number of ether oxygens (including phenoxy) is 1. The van der Waals surface area contributed by atoms with Crippen molar-refractivity contribution in [3.63, 3.8) is 0 Å². The molecule has 0 aliphatic rings. The van der Waals surface area contributed by atoms with Gasteiger partial charge in [-0.15, -0.1) is 11.8 Å². The van der Waals surface area contributed by atoms with E-state index in [1.165, 1.54) is 28.6 Å². The van der Waals surface area contributed by atoms with Gasteiger partial charge in [0, 0.05) is 6.20 Å². The molecule has 0 spiro atoms. The second-order valence-electron chi connectivity index (χ2n) is 2.75. The van der Waals surface area contributed by atoms with Crippen LogP contribution in [0.3, 0.4) is 0 Å². The van der Waals surface area contributed by atoms with Crippen LogP contribution < -0.4 is 11.4 Å². The SMILES string of the molecule is CS[C@H](CO)OCn1ccc(N)nc1=O. The van der Waals surface area contributed by atoms with Crippen molar-refractivity contribution in [1.29, 1.82) is 0 Å². The van der Waals surface area contributed by atoms with Crippen LogP contribution in [0.5, 0.6) is 0 Å². The van der Waals surface area contributed by atoms with Crippen LogP contribution >= 0.6 is 11.8 Å². The van der Waals surface area contributed by atoms with E-state index in [9.17, 15) is 4.79 Å². The van der Waals surface area contributed by atoms with Gasteiger partial charge in [0.05, 0.1) is 6.61 Å². The van der Waals surface area contributed by atoms with Crippen LogP contribution in [0.2, 0.25) is 0 Å². The number of hydrogen-bond acceptors (Lipinski definition) is 6. The van der Waals surface area contributed by atoms with Crippen molar-refractivity contribution in [2.45, 2.75) is 12.2 Å². The summed E-state index contributed by atoms with van der Waals surface area (Å²) in [6.07, 6.45) is 3.31. The lowest BCUT2D eigenvalue weighted by Crippen LogP contribution is -2.26. The molecule has 0 bridgehead atoms. The smallest absolute Gasteiger partial charge is 0.351 e. The average Bonchev–Trinajstić information content (AvgIpc) is 2.22. The van der Waals surface area contributed by atoms with Gasteiger partial charge in [0.25, 0.3) is 0 Å². The van der Waals surface area contributed by atoms with E-state index in [0.29, 0.717) is 0 Å². The Hall–Kier alpha value is -1.05. The predicted octanol–water partition coefficient (Wildman–Crippen LogP) is -0.519. The zero-order valence-corrected chi connectivity index (χ0v) is 9.11. The Bertz CT molecular complexity index is 364. The van der Waals surface area contributed by atoms with Gasteiger partial charge in [-0.05, 0) is 12.3 Å². The molecule has 15 heavy (non-hydrogen) atoms. The van der Waals surface area contributed by atoms with Crippen molar-refractivity contribution in [1.82, 2.24) is 9.55 Å². The van der Waals surface area contributed by atoms with Gasteiger partial charge in [-0.1, -0.05) is 0 Å². The number of nitrogens with zero attached hydrogens (tertiary/aromatic N) is 2. The lowest BCUT2D eigenvalue weighted by Gasteiger charge is -2.13. The fourth-order valence-electron chi connectivity index (χ4n) is 0.899. The fourth-order valence-corrected chi connectivity index (χ4v) is 1.25. The summed E-state index contributed by atoms with van der Waals surface area (Å²) in [4.78, 5) is 14.8. The largest absolute Gasteiger partial charge is 0.393 e. The van der Waals surface area contributed by atoms with Gasteiger partial charge in [0.1, 0.15) is 18.0 Å². The Morgan fingerprint density at radius 2 is 2.53 bits per heavy atom. The fraction of sp³-hybridized carbons (Fsp3) is 0.500. The maximum Gasteiger partial charge on any atom is 0.351 e. The molecule has 1 rings (SSSR count). The number of aromatic nitrogens is 2. The third-order valence-electron chi connectivity index (χ3n) is 1.71. The van der Waals surface area contributed by atoms with Crippen molar-refractivity contribution >= 4 is 17.6 Å². The second-order valence-corrected chi connectivity index (χ2v) is 3.75. The molecule has 0 aliphatic heterocycles. The van der Waals surface area contributed by atoms with Crippen molar-refractivity contribution in [3.8, 4) is 0 Å². The Morgan fingerprint density at radius 3 is 3.07 bits per heavy atom. The standard InChI is InChI=1S/C8H13N3O3S/c1-15-7(4-12)14-5-11-3-2-6(9)10-8(11)13/h2-3,7,12H,4-5H2,1H3,(H2,9,10,13)/t7-/m1/s1. The van der Waals surface area contributed by atoms with Crippen LogP contribution in [0.1, 0.15) is 0 Å². The Kier molecular flexibility index (Phi) is 4.60. The minimum atomic E-state index is -0.465. The van der Waals surface area contributed by atoms with E-state index in [0.717, 1.165) is 0 Å². The van der Waals surface area contributed by atoms with E-state index in [-0.39, 0.29) is 24.6 Å². The molecule has 0 aliphatic carbocycles. The highest BCUT2D eigenvalue weighted by molar-refractivity contribution is 7.99. The molecule has 3 N–H and O–H groups in total. The van der Waals surface area contributed by atoms with Crippen LogP contribution in [0, 0.1) is 0 Å². The predicted molar refractivity (Wildman–Crippen MR) is 58.4 cm³/mol. The van der Waals surface area contributed by atoms with E-state index >= 15 is 0 Å². The molecule has 1 aromatic heterocycles. The number of nitrogens with two attached hydrogens (primary N) is 1. The van der Waals surface area contributed by atoms with Crippen LogP contribution in [0.4, 0.5) is 5.82 Å². The summed E-state index contributed by atoms with van der Waals surface area (Å²) in [5.74, 6) is 0.180. The number of aliphatic hydroxyl groups excluding tert-OH is 1. The molecular formula is C8H13N3O3S. The monoisotopic (exact) mass is 231 g/mol. The first-order valence-corrected chi connectivity index (χ1v) is 5.54. The number of rotatable bonds is 5. The third kappa shape index (κ3) is 3.54. The summed E-state index contributed by atoms with van der Waals surface area (Å²) in [5, 5.41) is 8.85. The third-order valence-corrected chi connectivity index (χ3v) is 2.52. The number of aliphatic hydroxyl groups is 1. The molecule has 1 aromatic rings. The molecule has 6 nitrogen and oxygen atoms in total. The minimum absolute atomic E-state index is 0.0537. The molecule has 7 heteroatoms. The molecule has 0 amide bonds. The Morgan fingerprint density at radius 1 is 1.80 bits per heavy atom. The van der Waals surface area contributed by atoms with Crippen molar-refractivity contribution in [2.75, 3.05) is 18.6 Å². The average molecular weight is 231 g/mol. The van der Waals surface area contributed by atoms with Crippen LogP contribution in [-0.4, -0.2) is 33.0 Å². The van der Waals surface area contributed by atoms with Crippen molar-refractivity contribution in [2.24, 2.45) is 0 Å². The molecule has 0 aromatic carbocycles. The number of nitrogen functional groups attached to an aromatic ring is 1. The highest BCUT2D eigenvalue weighted by Gasteiger charge is 2.05. The van der Waals surface area contributed by atoms with E-state index < -0.39 is 5.69 Å². The van der Waals surface area contributed by atoms with Crippen LogP contribution in [0.15, 0.2) is 17.1 Å². The quantitative estimate of drug-likeness (QED) is 0.663. The van der Waals surface area contributed by atoms with Gasteiger partial charge in [0.2, 0.25) is 0 Å². The lowest BCUT2D eigenvalue weighted by atomic mass is 10.6. The molecule has 1 atom stereocenters. The van der Waals surface area contributed by atoms with Gasteiger partial charge in [-0.2, -0.15) is 4.98 Å². The summed E-state index contributed by atoms with van der Waals surface area (Å²) >= 11 is 1.37. The number of thioether (sulfide) groups is 1. The molecule has 84 valence electrons. The van der Waals surface area contributed by atoms with E-state index in [1.54, 1.807) is 0 Å². The Labute approximate surface area is 91.1 Å². The van der Waals surface area contributed by atoms with E-state index in [2.05, 4.69) is 4.98 Å². The summed E-state index contributed by atoms with van der Waals surface area (Å²) in [5.41, 5.74) is 4.52. The Balaban J connectivity index is 2.61. The second kappa shape index (κ2) is 5.74. The van der Waals surface area contributed by atoms with Gasteiger partial charge in [0.15, 0.2) is 0 Å². The molecule has 0 radical (unpaired) electrons. The minimum Gasteiger partial charge on any atom is -0.393 e. The lowest BCUT2D eigenvalue weighted by molar-refractivity contribution is 0.0246. The maximum absolute atomic E-state index is 11.3. The van der Waals surface area contributed by atoms with Gasteiger partial charge >= 0.3 is 5.69 Å². The molecule has 0 unspecified atom stereocenters. The van der Waals surface area contributed by atoms with Gasteiger partial charge < -0.3 is 15.6 Å². The summed E-state index contributed by atoms with van der Waals surface area (Å²) in [6, 6.07) is 1.51. The number of hydrogen-bond donors (Lipinski definition) is 2. The highest BCUT2D eigenvalue weighted by atomic mass is 32.2. The molecule has 0 saturated carbocycles. The highest BCUT2D eigenvalue weighted by Crippen LogP contribution is 2.07. The first-order valence-electron chi connectivity index (χ1n) is 4.25. The van der Waals surface area contributed by atoms with Crippen LogP contribution in [0.25, 0.3) is 0 Å². The van der Waals surface area contributed by atoms with Crippen LogP contribution in [-0.2, 0) is 11.5 Å². The zero-order chi connectivity index (χ0) is 11.3.